The van der Waals surface area contributed by atoms with E-state index in [1.54, 1.807) is 0 Å². The molecule has 2 aromatic rings. The van der Waals surface area contributed by atoms with Crippen LogP contribution in [-0.2, 0) is 6.54 Å². The second-order valence-corrected chi connectivity index (χ2v) is 4.82. The zero-order chi connectivity index (χ0) is 13.2. The molecule has 1 aliphatic heterocycles. The standard InChI is InChI=1S/C17H16N2/c1-13-7-9-15(10-8-13)11-19-12-18-17-6-4-3-5-16(17)14(19)2/h3-10,12H,2,11H2,1H3. The van der Waals surface area contributed by atoms with Crippen LogP contribution in [-0.4, -0.2) is 11.2 Å². The highest BCUT2D eigenvalue weighted by Gasteiger charge is 2.15. The smallest absolute Gasteiger partial charge is 0.0960 e. The summed E-state index contributed by atoms with van der Waals surface area (Å²) in [5.41, 5.74) is 5.65. The van der Waals surface area contributed by atoms with Crippen LogP contribution >= 0.6 is 0 Å². The van der Waals surface area contributed by atoms with Crippen LogP contribution in [0.2, 0.25) is 0 Å². The highest BCUT2D eigenvalue weighted by molar-refractivity contribution is 5.86. The Balaban J connectivity index is 1.85. The fourth-order valence-corrected chi connectivity index (χ4v) is 2.21. The van der Waals surface area contributed by atoms with Gasteiger partial charge in [-0.25, -0.2) is 4.99 Å². The van der Waals surface area contributed by atoms with E-state index in [2.05, 4.69) is 53.7 Å². The van der Waals surface area contributed by atoms with Gasteiger partial charge in [0.25, 0.3) is 0 Å². The van der Waals surface area contributed by atoms with Crippen LogP contribution in [0.3, 0.4) is 0 Å². The summed E-state index contributed by atoms with van der Waals surface area (Å²) >= 11 is 0. The molecule has 1 aliphatic rings. The second kappa shape index (κ2) is 4.73. The first-order valence-corrected chi connectivity index (χ1v) is 6.39. The zero-order valence-electron chi connectivity index (χ0n) is 11.0. The Labute approximate surface area is 113 Å². The maximum Gasteiger partial charge on any atom is 0.0960 e. The molecule has 0 bridgehead atoms. The van der Waals surface area contributed by atoms with Crippen molar-refractivity contribution in [2.75, 3.05) is 0 Å². The first-order chi connectivity index (χ1) is 9.24. The van der Waals surface area contributed by atoms with Gasteiger partial charge in [-0.1, -0.05) is 54.6 Å². The quantitative estimate of drug-likeness (QED) is 0.779. The van der Waals surface area contributed by atoms with E-state index in [1.807, 2.05) is 24.5 Å². The molecule has 1 heterocycles. The first-order valence-electron chi connectivity index (χ1n) is 6.39. The van der Waals surface area contributed by atoms with Gasteiger partial charge in [-0.15, -0.1) is 0 Å². The van der Waals surface area contributed by atoms with E-state index in [9.17, 15) is 0 Å². The van der Waals surface area contributed by atoms with E-state index in [1.165, 1.54) is 11.1 Å². The highest BCUT2D eigenvalue weighted by Crippen LogP contribution is 2.31. The Morgan fingerprint density at radius 3 is 2.58 bits per heavy atom. The molecule has 0 aromatic heterocycles. The number of rotatable bonds is 2. The lowest BCUT2D eigenvalue weighted by molar-refractivity contribution is 0.591. The van der Waals surface area contributed by atoms with Crippen molar-refractivity contribution in [1.29, 1.82) is 0 Å². The summed E-state index contributed by atoms with van der Waals surface area (Å²) in [6.45, 7) is 7.09. The van der Waals surface area contributed by atoms with Gasteiger partial charge in [-0.3, -0.25) is 0 Å². The van der Waals surface area contributed by atoms with E-state index in [4.69, 9.17) is 0 Å². The normalized spacial score (nSPS) is 13.5. The molecule has 0 amide bonds. The van der Waals surface area contributed by atoms with Crippen molar-refractivity contribution in [2.24, 2.45) is 4.99 Å². The minimum absolute atomic E-state index is 0.803. The molecular formula is C17H16N2. The number of fused-ring (bicyclic) bond motifs is 1. The second-order valence-electron chi connectivity index (χ2n) is 4.82. The predicted molar refractivity (Wildman–Crippen MR) is 80.4 cm³/mol. The fraction of sp³-hybridized carbons (Fsp3) is 0.118. The van der Waals surface area contributed by atoms with E-state index in [-0.39, 0.29) is 0 Å². The minimum atomic E-state index is 0.803. The fourth-order valence-electron chi connectivity index (χ4n) is 2.21. The Hall–Kier alpha value is -2.35. The number of benzene rings is 2. The third-order valence-corrected chi connectivity index (χ3v) is 3.37. The molecule has 19 heavy (non-hydrogen) atoms. The number of para-hydroxylation sites is 1. The molecule has 0 fully saturated rings. The summed E-state index contributed by atoms with van der Waals surface area (Å²) in [7, 11) is 0. The summed E-state index contributed by atoms with van der Waals surface area (Å²) < 4.78 is 0. The Bertz CT molecular complexity index is 639. The third kappa shape index (κ3) is 2.29. The van der Waals surface area contributed by atoms with Gasteiger partial charge in [0.05, 0.1) is 12.0 Å². The number of hydrogen-bond donors (Lipinski definition) is 0. The molecule has 2 nitrogen and oxygen atoms in total. The number of nitrogens with zero attached hydrogens (tertiary/aromatic N) is 2. The van der Waals surface area contributed by atoms with Crippen LogP contribution in [0.25, 0.3) is 5.70 Å². The molecular weight excluding hydrogens is 232 g/mol. The minimum Gasteiger partial charge on any atom is -0.328 e. The molecule has 0 unspecified atom stereocenters. The van der Waals surface area contributed by atoms with Crippen LogP contribution in [0.4, 0.5) is 5.69 Å². The average Bonchev–Trinajstić information content (AvgIpc) is 2.45. The van der Waals surface area contributed by atoms with Crippen LogP contribution in [0.5, 0.6) is 0 Å². The Morgan fingerprint density at radius 2 is 1.79 bits per heavy atom. The van der Waals surface area contributed by atoms with Gasteiger partial charge in [0.2, 0.25) is 0 Å². The molecule has 0 radical (unpaired) electrons. The van der Waals surface area contributed by atoms with E-state index in [0.717, 1.165) is 23.5 Å². The zero-order valence-corrected chi connectivity index (χ0v) is 11.0. The maximum atomic E-state index is 4.48. The lowest BCUT2D eigenvalue weighted by Gasteiger charge is -2.26. The molecule has 0 spiro atoms. The number of aryl methyl sites for hydroxylation is 1. The SMILES string of the molecule is C=C1c2ccccc2N=CN1Cc1ccc(C)cc1. The number of aliphatic imine (C=N–C) groups is 1. The van der Waals surface area contributed by atoms with Crippen molar-refractivity contribution in [3.63, 3.8) is 0 Å². The number of hydrogen-bond acceptors (Lipinski definition) is 2. The molecule has 94 valence electrons. The molecule has 2 aromatic carbocycles. The van der Waals surface area contributed by atoms with Gasteiger partial charge in [-0.2, -0.15) is 0 Å². The van der Waals surface area contributed by atoms with Crippen LogP contribution < -0.4 is 0 Å². The summed E-state index contributed by atoms with van der Waals surface area (Å²) in [5.74, 6) is 0. The van der Waals surface area contributed by atoms with Crippen molar-refractivity contribution in [3.8, 4) is 0 Å². The Morgan fingerprint density at radius 1 is 1.05 bits per heavy atom. The van der Waals surface area contributed by atoms with Crippen LogP contribution in [0.1, 0.15) is 16.7 Å². The van der Waals surface area contributed by atoms with Crippen LogP contribution in [0.15, 0.2) is 60.1 Å². The van der Waals surface area contributed by atoms with Gasteiger partial charge in [-0.05, 0) is 18.6 Å². The monoisotopic (exact) mass is 248 g/mol. The lowest BCUT2D eigenvalue weighted by Crippen LogP contribution is -2.21. The lowest BCUT2D eigenvalue weighted by atomic mass is 10.1. The molecule has 0 saturated carbocycles. The molecule has 0 aliphatic carbocycles. The van der Waals surface area contributed by atoms with Crippen LogP contribution in [0, 0.1) is 6.92 Å². The van der Waals surface area contributed by atoms with E-state index < -0.39 is 0 Å². The first kappa shape index (κ1) is 11.7. The van der Waals surface area contributed by atoms with Gasteiger partial charge in [0.15, 0.2) is 0 Å². The molecule has 0 saturated heterocycles. The summed E-state index contributed by atoms with van der Waals surface area (Å²) in [6.07, 6.45) is 1.87. The maximum absolute atomic E-state index is 4.48. The third-order valence-electron chi connectivity index (χ3n) is 3.37. The van der Waals surface area contributed by atoms with Gasteiger partial charge in [0.1, 0.15) is 0 Å². The van der Waals surface area contributed by atoms with Crippen molar-refractivity contribution in [2.45, 2.75) is 13.5 Å². The molecule has 0 N–H and O–H groups in total. The summed E-state index contributed by atoms with van der Waals surface area (Å²) in [6, 6.07) is 16.7. The van der Waals surface area contributed by atoms with Crippen molar-refractivity contribution < 1.29 is 0 Å². The van der Waals surface area contributed by atoms with Crippen molar-refractivity contribution >= 4 is 17.7 Å². The molecule has 2 heteroatoms. The average molecular weight is 248 g/mol. The van der Waals surface area contributed by atoms with E-state index in [0.29, 0.717) is 0 Å². The van der Waals surface area contributed by atoms with E-state index >= 15 is 0 Å². The van der Waals surface area contributed by atoms with Gasteiger partial charge < -0.3 is 4.90 Å². The van der Waals surface area contributed by atoms with Gasteiger partial charge in [0, 0.05) is 17.8 Å². The Kier molecular flexibility index (Phi) is 2.92. The molecule has 0 atom stereocenters. The van der Waals surface area contributed by atoms with Crippen molar-refractivity contribution in [3.05, 3.63) is 71.8 Å². The molecule has 3 rings (SSSR count). The summed E-state index contributed by atoms with van der Waals surface area (Å²) in [4.78, 5) is 6.57. The predicted octanol–water partition coefficient (Wildman–Crippen LogP) is 4.14. The van der Waals surface area contributed by atoms with Gasteiger partial charge >= 0.3 is 0 Å². The highest BCUT2D eigenvalue weighted by atomic mass is 15.2. The topological polar surface area (TPSA) is 15.6 Å². The largest absolute Gasteiger partial charge is 0.328 e. The van der Waals surface area contributed by atoms with Crippen molar-refractivity contribution in [1.82, 2.24) is 4.90 Å². The summed E-state index contributed by atoms with van der Waals surface area (Å²) in [5, 5.41) is 0.